The molecule has 1 aliphatic rings. The van der Waals surface area contributed by atoms with E-state index in [0.29, 0.717) is 5.75 Å². The van der Waals surface area contributed by atoms with Crippen LogP contribution in [-0.2, 0) is 6.54 Å². The van der Waals surface area contributed by atoms with Gasteiger partial charge in [-0.25, -0.2) is 0 Å². The van der Waals surface area contributed by atoms with E-state index in [0.717, 1.165) is 37.2 Å². The van der Waals surface area contributed by atoms with E-state index >= 15 is 0 Å². The Morgan fingerprint density at radius 2 is 1.77 bits per heavy atom. The third-order valence-electron chi connectivity index (χ3n) is 4.53. The van der Waals surface area contributed by atoms with Gasteiger partial charge in [0.25, 0.3) is 0 Å². The lowest BCUT2D eigenvalue weighted by molar-refractivity contribution is 0.289. The maximum atomic E-state index is 10.1. The second-order valence-electron chi connectivity index (χ2n) is 6.15. The largest absolute Gasteiger partial charge is 0.508 e. The van der Waals surface area contributed by atoms with Crippen molar-refractivity contribution in [3.8, 4) is 5.75 Å². The Bertz CT molecular complexity index is 688. The highest BCUT2D eigenvalue weighted by Crippen LogP contribution is 2.26. The maximum Gasteiger partial charge on any atom is 0.120 e. The van der Waals surface area contributed by atoms with Crippen LogP contribution in [0.2, 0.25) is 0 Å². The van der Waals surface area contributed by atoms with Crippen LogP contribution in [-0.4, -0.2) is 23.1 Å². The molecule has 3 rings (SSSR count). The SMILES string of the molecule is Cc1cc(O)c(CN2CC=C(c3ccccc3)CC2)cc1C. The summed E-state index contributed by atoms with van der Waals surface area (Å²) in [4.78, 5) is 2.39. The summed E-state index contributed by atoms with van der Waals surface area (Å²) in [7, 11) is 0. The summed E-state index contributed by atoms with van der Waals surface area (Å²) in [6, 6.07) is 14.6. The van der Waals surface area contributed by atoms with Crippen LogP contribution >= 0.6 is 0 Å². The zero-order valence-electron chi connectivity index (χ0n) is 13.3. The molecule has 0 fully saturated rings. The number of phenolic OH excluding ortho intramolecular Hbond substituents is 1. The van der Waals surface area contributed by atoms with Crippen LogP contribution in [0.1, 0.15) is 28.7 Å². The van der Waals surface area contributed by atoms with Gasteiger partial charge in [-0.1, -0.05) is 42.5 Å². The van der Waals surface area contributed by atoms with Gasteiger partial charge in [0.05, 0.1) is 0 Å². The Hall–Kier alpha value is -2.06. The van der Waals surface area contributed by atoms with Gasteiger partial charge in [0.15, 0.2) is 0 Å². The molecule has 0 amide bonds. The molecule has 0 spiro atoms. The Balaban J connectivity index is 1.70. The number of nitrogens with zero attached hydrogens (tertiary/aromatic N) is 1. The molecule has 2 aromatic rings. The lowest BCUT2D eigenvalue weighted by Gasteiger charge is -2.27. The molecule has 0 saturated carbocycles. The van der Waals surface area contributed by atoms with Crippen LogP contribution in [0.15, 0.2) is 48.5 Å². The topological polar surface area (TPSA) is 23.5 Å². The molecule has 2 heteroatoms. The number of aryl methyl sites for hydroxylation is 2. The first-order valence-corrected chi connectivity index (χ1v) is 7.89. The molecule has 1 aliphatic heterocycles. The summed E-state index contributed by atoms with van der Waals surface area (Å²) in [6.07, 6.45) is 3.38. The van der Waals surface area contributed by atoms with E-state index in [1.54, 1.807) is 0 Å². The number of hydrogen-bond acceptors (Lipinski definition) is 2. The van der Waals surface area contributed by atoms with E-state index in [1.807, 2.05) is 13.0 Å². The molecule has 0 atom stereocenters. The fraction of sp³-hybridized carbons (Fsp3) is 0.300. The highest BCUT2D eigenvalue weighted by atomic mass is 16.3. The number of rotatable bonds is 3. The lowest BCUT2D eigenvalue weighted by Crippen LogP contribution is -2.28. The molecular weight excluding hydrogens is 270 g/mol. The van der Waals surface area contributed by atoms with Crippen molar-refractivity contribution < 1.29 is 5.11 Å². The molecule has 2 nitrogen and oxygen atoms in total. The van der Waals surface area contributed by atoms with E-state index in [4.69, 9.17) is 0 Å². The minimum Gasteiger partial charge on any atom is -0.508 e. The second-order valence-corrected chi connectivity index (χ2v) is 6.15. The van der Waals surface area contributed by atoms with Gasteiger partial charge in [-0.05, 0) is 48.6 Å². The molecule has 0 saturated heterocycles. The van der Waals surface area contributed by atoms with Gasteiger partial charge in [0.2, 0.25) is 0 Å². The maximum absolute atomic E-state index is 10.1. The molecule has 0 aliphatic carbocycles. The molecule has 22 heavy (non-hydrogen) atoms. The highest BCUT2D eigenvalue weighted by molar-refractivity contribution is 5.66. The monoisotopic (exact) mass is 293 g/mol. The minimum atomic E-state index is 0.418. The highest BCUT2D eigenvalue weighted by Gasteiger charge is 2.15. The van der Waals surface area contributed by atoms with Crippen molar-refractivity contribution in [1.29, 1.82) is 0 Å². The third kappa shape index (κ3) is 3.23. The van der Waals surface area contributed by atoms with E-state index < -0.39 is 0 Å². The zero-order valence-corrected chi connectivity index (χ0v) is 13.3. The predicted octanol–water partition coefficient (Wildman–Crippen LogP) is 4.30. The molecule has 0 bridgehead atoms. The number of phenols is 1. The molecule has 1 N–H and O–H groups in total. The smallest absolute Gasteiger partial charge is 0.120 e. The van der Waals surface area contributed by atoms with E-state index in [2.05, 4.69) is 54.3 Å². The number of benzene rings is 2. The quantitative estimate of drug-likeness (QED) is 0.912. The fourth-order valence-electron chi connectivity index (χ4n) is 3.00. The van der Waals surface area contributed by atoms with Crippen molar-refractivity contribution in [3.63, 3.8) is 0 Å². The summed E-state index contributed by atoms with van der Waals surface area (Å²) in [5.74, 6) is 0.418. The van der Waals surface area contributed by atoms with Gasteiger partial charge in [0, 0.05) is 25.2 Å². The van der Waals surface area contributed by atoms with Crippen molar-refractivity contribution in [3.05, 3.63) is 70.8 Å². The summed E-state index contributed by atoms with van der Waals surface area (Å²) in [5, 5.41) is 10.1. The zero-order chi connectivity index (χ0) is 15.5. The molecule has 2 aromatic carbocycles. The number of aromatic hydroxyl groups is 1. The Labute approximate surface area is 132 Å². The molecule has 0 unspecified atom stereocenters. The van der Waals surface area contributed by atoms with Gasteiger partial charge in [-0.2, -0.15) is 0 Å². The standard InChI is InChI=1S/C20H23NO/c1-15-12-19(20(22)13-16(15)2)14-21-10-8-18(9-11-21)17-6-4-3-5-7-17/h3-8,12-13,22H,9-11,14H2,1-2H3. The summed E-state index contributed by atoms with van der Waals surface area (Å²) >= 11 is 0. The van der Waals surface area contributed by atoms with Crippen LogP contribution in [0.25, 0.3) is 5.57 Å². The minimum absolute atomic E-state index is 0.418. The Kier molecular flexibility index (Phi) is 4.30. The van der Waals surface area contributed by atoms with Crippen LogP contribution in [0.4, 0.5) is 0 Å². The van der Waals surface area contributed by atoms with E-state index in [1.165, 1.54) is 16.7 Å². The second kappa shape index (κ2) is 6.37. The van der Waals surface area contributed by atoms with Crippen LogP contribution in [0, 0.1) is 13.8 Å². The fourth-order valence-corrected chi connectivity index (χ4v) is 3.00. The molecular formula is C20H23NO. The Morgan fingerprint density at radius 3 is 2.45 bits per heavy atom. The molecule has 0 radical (unpaired) electrons. The third-order valence-corrected chi connectivity index (χ3v) is 4.53. The molecule has 0 aromatic heterocycles. The summed E-state index contributed by atoms with van der Waals surface area (Å²) < 4.78 is 0. The van der Waals surface area contributed by atoms with Crippen molar-refractivity contribution >= 4 is 5.57 Å². The van der Waals surface area contributed by atoms with Gasteiger partial charge < -0.3 is 5.11 Å². The predicted molar refractivity (Wildman–Crippen MR) is 91.9 cm³/mol. The van der Waals surface area contributed by atoms with Crippen molar-refractivity contribution in [1.82, 2.24) is 4.90 Å². The van der Waals surface area contributed by atoms with Gasteiger partial charge in [0.1, 0.15) is 5.75 Å². The van der Waals surface area contributed by atoms with Gasteiger partial charge in [-0.3, -0.25) is 4.90 Å². The Morgan fingerprint density at radius 1 is 1.05 bits per heavy atom. The van der Waals surface area contributed by atoms with Crippen LogP contribution < -0.4 is 0 Å². The summed E-state index contributed by atoms with van der Waals surface area (Å²) in [5.41, 5.74) is 6.17. The van der Waals surface area contributed by atoms with Crippen molar-refractivity contribution in [2.45, 2.75) is 26.8 Å². The molecule has 114 valence electrons. The number of hydrogen-bond donors (Lipinski definition) is 1. The average Bonchev–Trinajstić information content (AvgIpc) is 2.54. The first-order chi connectivity index (χ1) is 10.6. The van der Waals surface area contributed by atoms with Gasteiger partial charge >= 0.3 is 0 Å². The summed E-state index contributed by atoms with van der Waals surface area (Å²) in [6.45, 7) is 6.92. The normalized spacial score (nSPS) is 15.6. The average molecular weight is 293 g/mol. The van der Waals surface area contributed by atoms with Crippen molar-refractivity contribution in [2.75, 3.05) is 13.1 Å². The van der Waals surface area contributed by atoms with E-state index in [9.17, 15) is 5.11 Å². The molecule has 1 heterocycles. The van der Waals surface area contributed by atoms with Gasteiger partial charge in [-0.15, -0.1) is 0 Å². The first kappa shape index (κ1) is 14.9. The lowest BCUT2D eigenvalue weighted by atomic mass is 9.99. The van der Waals surface area contributed by atoms with E-state index in [-0.39, 0.29) is 0 Å². The van der Waals surface area contributed by atoms with Crippen LogP contribution in [0.5, 0.6) is 5.75 Å². The first-order valence-electron chi connectivity index (χ1n) is 7.89. The van der Waals surface area contributed by atoms with Crippen molar-refractivity contribution in [2.24, 2.45) is 0 Å². The van der Waals surface area contributed by atoms with Crippen LogP contribution in [0.3, 0.4) is 0 Å².